The van der Waals surface area contributed by atoms with Crippen LogP contribution < -0.4 is 0 Å². The van der Waals surface area contributed by atoms with Crippen molar-refractivity contribution >= 4 is 12.2 Å². The zero-order chi connectivity index (χ0) is 11.2. The number of rotatable bonds is 2. The second kappa shape index (κ2) is 5.64. The van der Waals surface area contributed by atoms with Crippen molar-refractivity contribution in [2.24, 2.45) is 9.98 Å². The Morgan fingerprint density at radius 3 is 2.88 bits per heavy atom. The molecule has 0 aromatic carbocycles. The minimum absolute atomic E-state index is 0.817. The summed E-state index contributed by atoms with van der Waals surface area (Å²) in [5.41, 5.74) is 2.92. The van der Waals surface area contributed by atoms with Gasteiger partial charge in [-0.2, -0.15) is 0 Å². The van der Waals surface area contributed by atoms with Crippen LogP contribution in [-0.4, -0.2) is 54.7 Å². The van der Waals surface area contributed by atoms with E-state index in [1.807, 2.05) is 0 Å². The Bertz CT molecular complexity index is 342. The van der Waals surface area contributed by atoms with Crippen molar-refractivity contribution in [3.05, 3.63) is 18.0 Å². The first kappa shape index (κ1) is 11.1. The summed E-state index contributed by atoms with van der Waals surface area (Å²) in [5, 5.41) is 0. The average molecular weight is 218 g/mol. The third-order valence-corrected chi connectivity index (χ3v) is 2.81. The van der Waals surface area contributed by atoms with Gasteiger partial charge in [0.1, 0.15) is 0 Å². The van der Waals surface area contributed by atoms with Crippen LogP contribution in [-0.2, 0) is 0 Å². The SMILES string of the molecule is CCCN1CCN(C2=NC=C=CC=N2)CC1. The number of nitrogens with zero attached hydrogens (tertiary/aromatic N) is 4. The number of piperazine rings is 1. The molecule has 4 nitrogen and oxygen atoms in total. The Hall–Kier alpha value is -1.38. The number of allylic oxidation sites excluding steroid dienone is 1. The Morgan fingerprint density at radius 2 is 2.12 bits per heavy atom. The molecule has 2 heterocycles. The molecule has 0 bridgehead atoms. The molecule has 0 unspecified atom stereocenters. The third kappa shape index (κ3) is 2.81. The highest BCUT2D eigenvalue weighted by molar-refractivity contribution is 5.91. The van der Waals surface area contributed by atoms with Crippen LogP contribution in [0.2, 0.25) is 0 Å². The minimum Gasteiger partial charge on any atom is -0.338 e. The van der Waals surface area contributed by atoms with Gasteiger partial charge < -0.3 is 4.90 Å². The van der Waals surface area contributed by atoms with Crippen LogP contribution >= 0.6 is 0 Å². The summed E-state index contributed by atoms with van der Waals surface area (Å²) >= 11 is 0. The molecule has 4 heteroatoms. The normalized spacial score (nSPS) is 21.1. The highest BCUT2D eigenvalue weighted by atomic mass is 15.3. The van der Waals surface area contributed by atoms with E-state index in [0.717, 1.165) is 32.1 Å². The fourth-order valence-corrected chi connectivity index (χ4v) is 1.97. The number of hydrogen-bond donors (Lipinski definition) is 0. The van der Waals surface area contributed by atoms with Crippen molar-refractivity contribution in [3.8, 4) is 0 Å². The van der Waals surface area contributed by atoms with Crippen molar-refractivity contribution in [1.82, 2.24) is 9.80 Å². The van der Waals surface area contributed by atoms with E-state index in [1.54, 1.807) is 18.5 Å². The molecular formula is C12H18N4. The predicted octanol–water partition coefficient (Wildman–Crippen LogP) is 1.12. The average Bonchev–Trinajstić information content (AvgIpc) is 2.59. The molecule has 0 saturated carbocycles. The van der Waals surface area contributed by atoms with Crippen molar-refractivity contribution in [2.75, 3.05) is 32.7 Å². The highest BCUT2D eigenvalue weighted by Crippen LogP contribution is 2.05. The molecule has 0 N–H and O–H groups in total. The first-order chi connectivity index (χ1) is 7.90. The Morgan fingerprint density at radius 1 is 1.31 bits per heavy atom. The van der Waals surface area contributed by atoms with E-state index in [1.165, 1.54) is 13.0 Å². The van der Waals surface area contributed by atoms with Crippen LogP contribution in [0.3, 0.4) is 0 Å². The smallest absolute Gasteiger partial charge is 0.225 e. The Balaban J connectivity index is 1.89. The van der Waals surface area contributed by atoms with Crippen molar-refractivity contribution in [1.29, 1.82) is 0 Å². The van der Waals surface area contributed by atoms with E-state index in [2.05, 4.69) is 32.4 Å². The van der Waals surface area contributed by atoms with Gasteiger partial charge in [0.15, 0.2) is 0 Å². The van der Waals surface area contributed by atoms with Gasteiger partial charge in [-0.25, -0.2) is 9.98 Å². The largest absolute Gasteiger partial charge is 0.338 e. The summed E-state index contributed by atoms with van der Waals surface area (Å²) in [6.07, 6.45) is 6.44. The molecule has 0 radical (unpaired) electrons. The molecule has 16 heavy (non-hydrogen) atoms. The van der Waals surface area contributed by atoms with E-state index < -0.39 is 0 Å². The Kier molecular flexibility index (Phi) is 3.91. The van der Waals surface area contributed by atoms with Gasteiger partial charge in [-0.1, -0.05) is 12.7 Å². The molecule has 0 aliphatic carbocycles. The molecule has 0 spiro atoms. The zero-order valence-corrected chi connectivity index (χ0v) is 9.76. The van der Waals surface area contributed by atoms with Crippen LogP contribution in [0.15, 0.2) is 28.0 Å². The lowest BCUT2D eigenvalue weighted by Gasteiger charge is -2.34. The maximum atomic E-state index is 4.30. The molecule has 1 fully saturated rings. The molecule has 2 rings (SSSR count). The van der Waals surface area contributed by atoms with Gasteiger partial charge in [0, 0.05) is 38.5 Å². The molecular weight excluding hydrogens is 200 g/mol. The summed E-state index contributed by atoms with van der Waals surface area (Å²) in [7, 11) is 0. The van der Waals surface area contributed by atoms with E-state index >= 15 is 0 Å². The molecule has 2 aliphatic heterocycles. The van der Waals surface area contributed by atoms with Crippen LogP contribution in [0.5, 0.6) is 0 Å². The fraction of sp³-hybridized carbons (Fsp3) is 0.583. The van der Waals surface area contributed by atoms with E-state index in [-0.39, 0.29) is 0 Å². The molecule has 86 valence electrons. The topological polar surface area (TPSA) is 31.2 Å². The number of aliphatic imine (C=N–C) groups is 2. The third-order valence-electron chi connectivity index (χ3n) is 2.81. The first-order valence-corrected chi connectivity index (χ1v) is 5.89. The first-order valence-electron chi connectivity index (χ1n) is 5.89. The number of hydrogen-bond acceptors (Lipinski definition) is 4. The van der Waals surface area contributed by atoms with Crippen molar-refractivity contribution in [2.45, 2.75) is 13.3 Å². The summed E-state index contributed by atoms with van der Waals surface area (Å²) in [6, 6.07) is 0. The standard InChI is InChI=1S/C12H18N4/c1-2-7-15-8-10-16(11-9-15)12-13-5-3-4-6-14-12/h3,5-6H,2,7-11H2,1H3. The maximum Gasteiger partial charge on any atom is 0.225 e. The number of guanidine groups is 1. The predicted molar refractivity (Wildman–Crippen MR) is 66.9 cm³/mol. The maximum absolute atomic E-state index is 4.30. The second-order valence-corrected chi connectivity index (χ2v) is 4.00. The van der Waals surface area contributed by atoms with Gasteiger partial charge in [0.2, 0.25) is 5.96 Å². The van der Waals surface area contributed by atoms with Gasteiger partial charge in [-0.05, 0) is 13.0 Å². The Labute approximate surface area is 96.7 Å². The lowest BCUT2D eigenvalue weighted by atomic mass is 10.3. The molecule has 2 aliphatic rings. The molecule has 1 saturated heterocycles. The quantitative estimate of drug-likeness (QED) is 0.650. The van der Waals surface area contributed by atoms with E-state index in [0.29, 0.717) is 0 Å². The summed E-state index contributed by atoms with van der Waals surface area (Å²) in [4.78, 5) is 13.3. The van der Waals surface area contributed by atoms with Crippen molar-refractivity contribution in [3.63, 3.8) is 0 Å². The summed E-state index contributed by atoms with van der Waals surface area (Å²) in [5.74, 6) is 0.817. The molecule has 0 aromatic heterocycles. The minimum atomic E-state index is 0.817. The lowest BCUT2D eigenvalue weighted by Crippen LogP contribution is -2.48. The van der Waals surface area contributed by atoms with Crippen LogP contribution in [0.4, 0.5) is 0 Å². The van der Waals surface area contributed by atoms with Crippen LogP contribution in [0.25, 0.3) is 0 Å². The molecule has 0 aromatic rings. The van der Waals surface area contributed by atoms with E-state index in [9.17, 15) is 0 Å². The van der Waals surface area contributed by atoms with Gasteiger partial charge in [-0.15, -0.1) is 0 Å². The fourth-order valence-electron chi connectivity index (χ4n) is 1.97. The second-order valence-electron chi connectivity index (χ2n) is 4.00. The highest BCUT2D eigenvalue weighted by Gasteiger charge is 2.18. The summed E-state index contributed by atoms with van der Waals surface area (Å²) < 4.78 is 0. The van der Waals surface area contributed by atoms with Gasteiger partial charge in [0.05, 0.1) is 6.20 Å². The lowest BCUT2D eigenvalue weighted by molar-refractivity contribution is 0.181. The summed E-state index contributed by atoms with van der Waals surface area (Å²) in [6.45, 7) is 7.68. The van der Waals surface area contributed by atoms with Crippen LogP contribution in [0, 0.1) is 0 Å². The molecule has 0 atom stereocenters. The van der Waals surface area contributed by atoms with Crippen LogP contribution in [0.1, 0.15) is 13.3 Å². The monoisotopic (exact) mass is 218 g/mol. The molecule has 0 amide bonds. The van der Waals surface area contributed by atoms with E-state index in [4.69, 9.17) is 0 Å². The van der Waals surface area contributed by atoms with Crippen molar-refractivity contribution < 1.29 is 0 Å². The van der Waals surface area contributed by atoms with Gasteiger partial charge >= 0.3 is 0 Å². The van der Waals surface area contributed by atoms with Gasteiger partial charge in [0.25, 0.3) is 0 Å². The zero-order valence-electron chi connectivity index (χ0n) is 9.76. The van der Waals surface area contributed by atoms with Gasteiger partial charge in [-0.3, -0.25) is 4.90 Å².